The van der Waals surface area contributed by atoms with Gasteiger partial charge in [-0.25, -0.2) is 4.79 Å². The minimum Gasteiger partial charge on any atom is -0.475 e. The van der Waals surface area contributed by atoms with E-state index in [-0.39, 0.29) is 0 Å². The van der Waals surface area contributed by atoms with Gasteiger partial charge in [-0.05, 0) is 12.0 Å². The Morgan fingerprint density at radius 2 is 1.86 bits per heavy atom. The second-order valence-electron chi connectivity index (χ2n) is 3.26. The lowest BCUT2D eigenvalue weighted by Gasteiger charge is -2.06. The number of Topliss-reactive ketones (excluding diaryl/α,β-unsaturated/α-hetero) is 1. The van der Waals surface area contributed by atoms with Crippen LogP contribution in [0.2, 0.25) is 0 Å². The lowest BCUT2D eigenvalue weighted by atomic mass is 9.97. The summed E-state index contributed by atoms with van der Waals surface area (Å²) in [5.74, 6) is -2.54. The summed E-state index contributed by atoms with van der Waals surface area (Å²) < 4.78 is 0. The second kappa shape index (κ2) is 4.56. The van der Waals surface area contributed by atoms with Gasteiger partial charge in [-0.2, -0.15) is 0 Å². The Kier molecular flexibility index (Phi) is 3.40. The molecule has 3 nitrogen and oxygen atoms in total. The minimum atomic E-state index is -1.35. The number of carboxylic acid groups (broad SMARTS) is 1. The summed E-state index contributed by atoms with van der Waals surface area (Å²) in [7, 11) is 0. The Morgan fingerprint density at radius 1 is 1.29 bits per heavy atom. The van der Waals surface area contributed by atoms with Gasteiger partial charge < -0.3 is 5.11 Å². The van der Waals surface area contributed by atoms with Gasteiger partial charge in [-0.15, -0.1) is 0 Å². The molecule has 1 unspecified atom stereocenters. The molecule has 0 aliphatic rings. The van der Waals surface area contributed by atoms with E-state index in [0.717, 1.165) is 5.56 Å². The molecule has 0 aromatic heterocycles. The van der Waals surface area contributed by atoms with Crippen LogP contribution in [0.3, 0.4) is 0 Å². The normalized spacial score (nSPS) is 12.1. The van der Waals surface area contributed by atoms with Crippen LogP contribution in [-0.4, -0.2) is 16.9 Å². The second-order valence-corrected chi connectivity index (χ2v) is 3.26. The first-order valence-corrected chi connectivity index (χ1v) is 4.42. The number of rotatable bonds is 4. The molecule has 0 bridgehead atoms. The summed E-state index contributed by atoms with van der Waals surface area (Å²) in [5, 5.41) is 8.48. The third-order valence-corrected chi connectivity index (χ3v) is 2.04. The van der Waals surface area contributed by atoms with E-state index >= 15 is 0 Å². The van der Waals surface area contributed by atoms with Crippen molar-refractivity contribution >= 4 is 11.8 Å². The summed E-state index contributed by atoms with van der Waals surface area (Å²) in [4.78, 5) is 21.4. The number of benzene rings is 1. The van der Waals surface area contributed by atoms with Crippen LogP contribution in [0.5, 0.6) is 0 Å². The number of carboxylic acids is 1. The van der Waals surface area contributed by atoms with Gasteiger partial charge in [0.1, 0.15) is 0 Å². The first kappa shape index (κ1) is 10.4. The molecule has 14 heavy (non-hydrogen) atoms. The lowest BCUT2D eigenvalue weighted by molar-refractivity contribution is -0.150. The highest BCUT2D eigenvalue weighted by molar-refractivity contribution is 6.33. The molecule has 0 fully saturated rings. The van der Waals surface area contributed by atoms with E-state index < -0.39 is 17.7 Å². The molecule has 0 amide bonds. The van der Waals surface area contributed by atoms with Crippen LogP contribution in [0.1, 0.15) is 12.5 Å². The fourth-order valence-electron chi connectivity index (χ4n) is 1.27. The van der Waals surface area contributed by atoms with Gasteiger partial charge in [0.05, 0.1) is 0 Å². The van der Waals surface area contributed by atoms with Crippen LogP contribution in [0, 0.1) is 5.92 Å². The van der Waals surface area contributed by atoms with E-state index in [2.05, 4.69) is 0 Å². The zero-order chi connectivity index (χ0) is 10.6. The molecule has 3 heteroatoms. The molecule has 0 spiro atoms. The molecular weight excluding hydrogens is 180 g/mol. The van der Waals surface area contributed by atoms with E-state index in [1.807, 2.05) is 30.3 Å². The van der Waals surface area contributed by atoms with Gasteiger partial charge >= 0.3 is 5.97 Å². The van der Waals surface area contributed by atoms with Crippen LogP contribution in [0.15, 0.2) is 30.3 Å². The van der Waals surface area contributed by atoms with Crippen molar-refractivity contribution in [1.29, 1.82) is 0 Å². The quantitative estimate of drug-likeness (QED) is 0.736. The van der Waals surface area contributed by atoms with E-state index in [1.165, 1.54) is 0 Å². The Labute approximate surface area is 82.4 Å². The Hall–Kier alpha value is -1.64. The third-order valence-electron chi connectivity index (χ3n) is 2.04. The molecule has 0 aliphatic heterocycles. The number of carbonyl (C=O) groups excluding carboxylic acids is 1. The van der Waals surface area contributed by atoms with Gasteiger partial charge in [0.15, 0.2) is 0 Å². The molecule has 1 N–H and O–H groups in total. The average Bonchev–Trinajstić information content (AvgIpc) is 2.18. The summed E-state index contributed by atoms with van der Waals surface area (Å²) in [5.41, 5.74) is 0.981. The van der Waals surface area contributed by atoms with E-state index in [1.54, 1.807) is 6.92 Å². The monoisotopic (exact) mass is 192 g/mol. The summed E-state index contributed by atoms with van der Waals surface area (Å²) in [6.45, 7) is 1.63. The third kappa shape index (κ3) is 2.69. The highest BCUT2D eigenvalue weighted by Crippen LogP contribution is 2.08. The number of hydrogen-bond acceptors (Lipinski definition) is 2. The van der Waals surface area contributed by atoms with Crippen molar-refractivity contribution < 1.29 is 14.7 Å². The number of ketones is 1. The van der Waals surface area contributed by atoms with Crippen LogP contribution >= 0.6 is 0 Å². The first-order valence-electron chi connectivity index (χ1n) is 4.42. The predicted molar refractivity (Wildman–Crippen MR) is 52.0 cm³/mol. The van der Waals surface area contributed by atoms with E-state index in [4.69, 9.17) is 5.11 Å². The molecule has 0 saturated carbocycles. The van der Waals surface area contributed by atoms with Crippen LogP contribution < -0.4 is 0 Å². The zero-order valence-corrected chi connectivity index (χ0v) is 7.93. The van der Waals surface area contributed by atoms with Gasteiger partial charge in [-0.3, -0.25) is 4.79 Å². The summed E-state index contributed by atoms with van der Waals surface area (Å²) >= 11 is 0. The van der Waals surface area contributed by atoms with Crippen LogP contribution in [-0.2, 0) is 16.0 Å². The van der Waals surface area contributed by atoms with Gasteiger partial charge in [0, 0.05) is 5.92 Å². The molecular formula is C11H12O3. The number of hydrogen-bond donors (Lipinski definition) is 1. The molecule has 1 atom stereocenters. The van der Waals surface area contributed by atoms with Gasteiger partial charge in [0.2, 0.25) is 5.78 Å². The highest BCUT2D eigenvalue weighted by atomic mass is 16.4. The maximum Gasteiger partial charge on any atom is 0.372 e. The highest BCUT2D eigenvalue weighted by Gasteiger charge is 2.20. The van der Waals surface area contributed by atoms with Crippen molar-refractivity contribution in [2.24, 2.45) is 5.92 Å². The molecule has 0 saturated heterocycles. The largest absolute Gasteiger partial charge is 0.475 e. The standard InChI is InChI=1S/C11H12O3/c1-8(10(12)11(13)14)7-9-5-3-2-4-6-9/h2-6,8H,7H2,1H3,(H,13,14). The van der Waals surface area contributed by atoms with Crippen molar-refractivity contribution in [2.75, 3.05) is 0 Å². The number of carbonyl (C=O) groups is 2. The maximum atomic E-state index is 11.0. The molecule has 1 aromatic carbocycles. The summed E-state index contributed by atoms with van der Waals surface area (Å²) in [6, 6.07) is 9.38. The van der Waals surface area contributed by atoms with Crippen molar-refractivity contribution in [3.05, 3.63) is 35.9 Å². The number of aliphatic carboxylic acids is 1. The van der Waals surface area contributed by atoms with Crippen molar-refractivity contribution in [1.82, 2.24) is 0 Å². The van der Waals surface area contributed by atoms with Crippen molar-refractivity contribution in [3.8, 4) is 0 Å². The van der Waals surface area contributed by atoms with Gasteiger partial charge in [-0.1, -0.05) is 37.3 Å². The fraction of sp³-hybridized carbons (Fsp3) is 0.273. The zero-order valence-electron chi connectivity index (χ0n) is 7.93. The summed E-state index contributed by atoms with van der Waals surface area (Å²) in [6.07, 6.45) is 0.478. The minimum absolute atomic E-state index is 0.463. The van der Waals surface area contributed by atoms with Crippen LogP contribution in [0.25, 0.3) is 0 Å². The Morgan fingerprint density at radius 3 is 2.36 bits per heavy atom. The topological polar surface area (TPSA) is 54.4 Å². The average molecular weight is 192 g/mol. The predicted octanol–water partition coefficient (Wildman–Crippen LogP) is 1.52. The molecule has 0 aliphatic carbocycles. The van der Waals surface area contributed by atoms with E-state index in [0.29, 0.717) is 6.42 Å². The first-order chi connectivity index (χ1) is 6.61. The molecule has 1 rings (SSSR count). The fourth-order valence-corrected chi connectivity index (χ4v) is 1.27. The molecule has 0 heterocycles. The SMILES string of the molecule is CC(Cc1ccccc1)C(=O)C(=O)O. The van der Waals surface area contributed by atoms with Gasteiger partial charge in [0.25, 0.3) is 0 Å². The molecule has 0 radical (unpaired) electrons. The Balaban J connectivity index is 2.62. The van der Waals surface area contributed by atoms with E-state index in [9.17, 15) is 9.59 Å². The van der Waals surface area contributed by atoms with Crippen LogP contribution in [0.4, 0.5) is 0 Å². The Bertz CT molecular complexity index is 330. The molecule has 1 aromatic rings. The molecule has 74 valence electrons. The van der Waals surface area contributed by atoms with Crippen molar-refractivity contribution in [2.45, 2.75) is 13.3 Å². The maximum absolute atomic E-state index is 11.0. The lowest BCUT2D eigenvalue weighted by Crippen LogP contribution is -2.22. The van der Waals surface area contributed by atoms with Crippen molar-refractivity contribution in [3.63, 3.8) is 0 Å². The smallest absolute Gasteiger partial charge is 0.372 e.